The van der Waals surface area contributed by atoms with Crippen LogP contribution in [-0.2, 0) is 11.3 Å². The van der Waals surface area contributed by atoms with Crippen LogP contribution in [0.1, 0.15) is 0 Å². The van der Waals surface area contributed by atoms with Gasteiger partial charge in [0.15, 0.2) is 5.43 Å². The summed E-state index contributed by atoms with van der Waals surface area (Å²) in [6.07, 6.45) is 3.04. The molecule has 1 rings (SSSR count). The average molecular weight is 191 g/mol. The Balaban J connectivity index is 2.53. The third-order valence-corrected chi connectivity index (χ3v) is 1.55. The van der Waals surface area contributed by atoms with E-state index in [0.29, 0.717) is 0 Å². The van der Waals surface area contributed by atoms with Crippen molar-refractivity contribution in [1.29, 1.82) is 5.26 Å². The van der Waals surface area contributed by atoms with Crippen LogP contribution in [-0.4, -0.2) is 17.0 Å². The van der Waals surface area contributed by atoms with Gasteiger partial charge < -0.3 is 9.88 Å². The maximum atomic E-state index is 11.1. The number of nitriles is 1. The number of nitrogens with zero attached hydrogens (tertiary/aromatic N) is 2. The number of carbonyl (C=O) groups excluding carboxylic acids is 1. The monoisotopic (exact) mass is 191 g/mol. The van der Waals surface area contributed by atoms with E-state index < -0.39 is 0 Å². The van der Waals surface area contributed by atoms with Gasteiger partial charge in [0.25, 0.3) is 0 Å². The highest BCUT2D eigenvalue weighted by atomic mass is 16.2. The van der Waals surface area contributed by atoms with Gasteiger partial charge in [0.2, 0.25) is 5.91 Å². The SMILES string of the molecule is N#CCNC(=O)Cn1ccc(=O)cc1. The van der Waals surface area contributed by atoms with Gasteiger partial charge in [0.1, 0.15) is 13.1 Å². The average Bonchev–Trinajstić information content (AvgIpc) is 2.18. The summed E-state index contributed by atoms with van der Waals surface area (Å²) in [5, 5.41) is 10.6. The van der Waals surface area contributed by atoms with Crippen LogP contribution in [0.25, 0.3) is 0 Å². The molecule has 1 heterocycles. The lowest BCUT2D eigenvalue weighted by atomic mass is 10.4. The number of hydrogen-bond acceptors (Lipinski definition) is 3. The Hall–Kier alpha value is -2.09. The predicted molar refractivity (Wildman–Crippen MR) is 49.3 cm³/mol. The largest absolute Gasteiger partial charge is 0.345 e. The fourth-order valence-electron chi connectivity index (χ4n) is 0.909. The van der Waals surface area contributed by atoms with Gasteiger partial charge in [-0.05, 0) is 0 Å². The second kappa shape index (κ2) is 4.82. The number of rotatable bonds is 3. The van der Waals surface area contributed by atoms with Crippen LogP contribution < -0.4 is 10.7 Å². The Morgan fingerprint density at radius 2 is 2.14 bits per heavy atom. The first kappa shape index (κ1) is 9.99. The van der Waals surface area contributed by atoms with E-state index in [4.69, 9.17) is 5.26 Å². The summed E-state index contributed by atoms with van der Waals surface area (Å²) in [7, 11) is 0. The zero-order valence-corrected chi connectivity index (χ0v) is 7.43. The molecular weight excluding hydrogens is 182 g/mol. The van der Waals surface area contributed by atoms with Crippen LogP contribution in [0.4, 0.5) is 0 Å². The number of amides is 1. The molecule has 1 aromatic rings. The van der Waals surface area contributed by atoms with Gasteiger partial charge in [-0.1, -0.05) is 0 Å². The van der Waals surface area contributed by atoms with Crippen molar-refractivity contribution in [2.75, 3.05) is 6.54 Å². The van der Waals surface area contributed by atoms with Crippen molar-refractivity contribution in [3.8, 4) is 6.07 Å². The van der Waals surface area contributed by atoms with Gasteiger partial charge >= 0.3 is 0 Å². The molecule has 0 fully saturated rings. The van der Waals surface area contributed by atoms with Crippen LogP contribution in [0.3, 0.4) is 0 Å². The van der Waals surface area contributed by atoms with E-state index in [0.717, 1.165) is 0 Å². The second-order valence-electron chi connectivity index (χ2n) is 2.64. The molecule has 1 aromatic heterocycles. The van der Waals surface area contributed by atoms with E-state index in [1.165, 1.54) is 24.5 Å². The van der Waals surface area contributed by atoms with Crippen molar-refractivity contribution in [3.63, 3.8) is 0 Å². The molecule has 0 bridgehead atoms. The molecule has 0 aliphatic heterocycles. The first-order valence-electron chi connectivity index (χ1n) is 4.02. The Kier molecular flexibility index (Phi) is 3.44. The molecule has 0 aliphatic carbocycles. The Morgan fingerprint density at radius 1 is 1.50 bits per heavy atom. The third kappa shape index (κ3) is 3.11. The molecule has 5 nitrogen and oxygen atoms in total. The molecule has 14 heavy (non-hydrogen) atoms. The highest BCUT2D eigenvalue weighted by Gasteiger charge is 1.99. The molecule has 0 aromatic carbocycles. The summed E-state index contributed by atoms with van der Waals surface area (Å²) in [6.45, 7) is 0.112. The number of hydrogen-bond donors (Lipinski definition) is 1. The number of nitrogens with one attached hydrogen (secondary N) is 1. The molecule has 1 N–H and O–H groups in total. The smallest absolute Gasteiger partial charge is 0.240 e. The minimum Gasteiger partial charge on any atom is -0.345 e. The fourth-order valence-corrected chi connectivity index (χ4v) is 0.909. The maximum absolute atomic E-state index is 11.1. The third-order valence-electron chi connectivity index (χ3n) is 1.55. The molecule has 72 valence electrons. The zero-order chi connectivity index (χ0) is 10.4. The van der Waals surface area contributed by atoms with Crippen LogP contribution in [0.15, 0.2) is 29.3 Å². The van der Waals surface area contributed by atoms with Gasteiger partial charge in [-0.3, -0.25) is 9.59 Å². The molecule has 0 radical (unpaired) electrons. The Bertz CT molecular complexity index is 396. The van der Waals surface area contributed by atoms with E-state index in [1.807, 2.05) is 0 Å². The standard InChI is InChI=1S/C9H9N3O2/c10-3-4-11-9(14)7-12-5-1-8(13)2-6-12/h1-2,5-6H,4,7H2,(H,11,14). The Labute approximate surface area is 80.6 Å². The van der Waals surface area contributed by atoms with Crippen LogP contribution >= 0.6 is 0 Å². The van der Waals surface area contributed by atoms with Crippen LogP contribution in [0.2, 0.25) is 0 Å². The van der Waals surface area contributed by atoms with E-state index >= 15 is 0 Å². The molecule has 0 saturated carbocycles. The van der Waals surface area contributed by atoms with E-state index in [1.54, 1.807) is 10.6 Å². The van der Waals surface area contributed by atoms with Crippen LogP contribution in [0.5, 0.6) is 0 Å². The quantitative estimate of drug-likeness (QED) is 0.654. The molecule has 0 unspecified atom stereocenters. The van der Waals surface area contributed by atoms with Gasteiger partial charge in [0, 0.05) is 24.5 Å². The summed E-state index contributed by atoms with van der Waals surface area (Å²) in [5.41, 5.74) is -0.0984. The van der Waals surface area contributed by atoms with Crippen molar-refractivity contribution in [2.24, 2.45) is 0 Å². The summed E-state index contributed by atoms with van der Waals surface area (Å²) in [4.78, 5) is 21.8. The first-order chi connectivity index (χ1) is 6.72. The van der Waals surface area contributed by atoms with E-state index in [-0.39, 0.29) is 24.4 Å². The highest BCUT2D eigenvalue weighted by molar-refractivity contribution is 5.75. The topological polar surface area (TPSA) is 74.9 Å². The van der Waals surface area contributed by atoms with Gasteiger partial charge in [-0.2, -0.15) is 5.26 Å². The normalized spacial score (nSPS) is 9.07. The summed E-state index contributed by atoms with van der Waals surface area (Å²) >= 11 is 0. The van der Waals surface area contributed by atoms with Crippen molar-refractivity contribution in [1.82, 2.24) is 9.88 Å². The van der Waals surface area contributed by atoms with Crippen LogP contribution in [0, 0.1) is 11.3 Å². The van der Waals surface area contributed by atoms with E-state index in [9.17, 15) is 9.59 Å². The van der Waals surface area contributed by atoms with Gasteiger partial charge in [-0.25, -0.2) is 0 Å². The lowest BCUT2D eigenvalue weighted by molar-refractivity contribution is -0.121. The summed E-state index contributed by atoms with van der Waals surface area (Å²) in [5.74, 6) is -0.254. The van der Waals surface area contributed by atoms with Crippen molar-refractivity contribution in [3.05, 3.63) is 34.7 Å². The molecule has 0 atom stereocenters. The van der Waals surface area contributed by atoms with E-state index in [2.05, 4.69) is 5.32 Å². The summed E-state index contributed by atoms with van der Waals surface area (Å²) < 4.78 is 1.56. The predicted octanol–water partition coefficient (Wildman–Crippen LogP) is -0.512. The molecule has 5 heteroatoms. The number of aromatic nitrogens is 1. The van der Waals surface area contributed by atoms with Crippen molar-refractivity contribution >= 4 is 5.91 Å². The molecule has 1 amide bonds. The first-order valence-corrected chi connectivity index (χ1v) is 4.02. The van der Waals surface area contributed by atoms with Crippen molar-refractivity contribution in [2.45, 2.75) is 6.54 Å². The molecular formula is C9H9N3O2. The molecule has 0 saturated heterocycles. The lowest BCUT2D eigenvalue weighted by Crippen LogP contribution is -2.27. The van der Waals surface area contributed by atoms with Gasteiger partial charge in [0.05, 0.1) is 6.07 Å². The molecule has 0 aliphatic rings. The van der Waals surface area contributed by atoms with Gasteiger partial charge in [-0.15, -0.1) is 0 Å². The Morgan fingerprint density at radius 3 is 2.71 bits per heavy atom. The highest BCUT2D eigenvalue weighted by Crippen LogP contribution is 1.83. The lowest BCUT2D eigenvalue weighted by Gasteiger charge is -2.04. The number of carbonyl (C=O) groups is 1. The molecule has 0 spiro atoms. The summed E-state index contributed by atoms with van der Waals surface area (Å²) in [6, 6.07) is 4.55. The minimum atomic E-state index is -0.254. The minimum absolute atomic E-state index is 0.000960. The maximum Gasteiger partial charge on any atom is 0.240 e. The van der Waals surface area contributed by atoms with Crippen molar-refractivity contribution < 1.29 is 4.79 Å². The number of pyridine rings is 1. The fraction of sp³-hybridized carbons (Fsp3) is 0.222. The zero-order valence-electron chi connectivity index (χ0n) is 7.43. The second-order valence-corrected chi connectivity index (χ2v) is 2.64.